The fraction of sp³-hybridized carbons (Fsp3) is 0. The Morgan fingerprint density at radius 3 is 1.59 bits per heavy atom. The van der Waals surface area contributed by atoms with Crippen molar-refractivity contribution in [3.8, 4) is 0 Å². The molecule has 0 atom stereocenters. The molecule has 0 amide bonds. The van der Waals surface area contributed by atoms with Gasteiger partial charge in [0.1, 0.15) is 5.69 Å². The number of anilines is 1. The largest absolute Gasteiger partial charge is 0.289 e. The van der Waals surface area contributed by atoms with Crippen LogP contribution in [0.5, 0.6) is 0 Å². The highest BCUT2D eigenvalue weighted by Gasteiger charge is 2.25. The van der Waals surface area contributed by atoms with Gasteiger partial charge in [-0.15, -0.1) is 0 Å². The lowest BCUT2D eigenvalue weighted by molar-refractivity contribution is 0.381. The Morgan fingerprint density at radius 1 is 0.706 bits per heavy atom. The Kier molecular flexibility index (Phi) is 2.74. The molecule has 0 aliphatic heterocycles. The van der Waals surface area contributed by atoms with Crippen LogP contribution >= 0.6 is 0 Å². The zero-order valence-electron chi connectivity index (χ0n) is 8.15. The van der Waals surface area contributed by atoms with E-state index in [9.17, 15) is 22.0 Å². The normalized spacial score (nSPS) is 10.6. The second kappa shape index (κ2) is 4.08. The molecule has 2 rings (SSSR count). The molecule has 0 aliphatic rings. The minimum Gasteiger partial charge on any atom is -0.289 e. The van der Waals surface area contributed by atoms with E-state index < -0.39 is 34.8 Å². The van der Waals surface area contributed by atoms with Crippen molar-refractivity contribution in [2.24, 2.45) is 0 Å². The van der Waals surface area contributed by atoms with Crippen molar-refractivity contribution in [2.75, 3.05) is 5.43 Å². The number of hydrogen-bond donors (Lipinski definition) is 1. The molecule has 90 valence electrons. The first-order valence-electron chi connectivity index (χ1n) is 4.43. The zero-order valence-corrected chi connectivity index (χ0v) is 8.15. The third kappa shape index (κ3) is 1.83. The van der Waals surface area contributed by atoms with Crippen molar-refractivity contribution in [3.05, 3.63) is 53.6 Å². The number of nitrogens with zero attached hydrogens (tertiary/aromatic N) is 1. The Hall–Kier alpha value is -2.05. The summed E-state index contributed by atoms with van der Waals surface area (Å²) in [6, 6.07) is 3.03. The molecule has 0 radical (unpaired) electrons. The number of nitrogens with one attached hydrogen (secondary N) is 1. The van der Waals surface area contributed by atoms with Gasteiger partial charge in [-0.1, -0.05) is 0 Å². The molecule has 0 saturated carbocycles. The van der Waals surface area contributed by atoms with Gasteiger partial charge in [-0.25, -0.2) is 22.0 Å². The maximum atomic E-state index is 13.2. The van der Waals surface area contributed by atoms with Crippen LogP contribution in [0.15, 0.2) is 24.5 Å². The lowest BCUT2D eigenvalue weighted by atomic mass is 10.2. The Balaban J connectivity index is 2.54. The molecule has 7 heteroatoms. The van der Waals surface area contributed by atoms with Crippen molar-refractivity contribution in [2.45, 2.75) is 0 Å². The number of hydrogen-bond acceptors (Lipinski definition) is 1. The van der Waals surface area contributed by atoms with Crippen LogP contribution in [0.4, 0.5) is 27.6 Å². The maximum absolute atomic E-state index is 13.2. The van der Waals surface area contributed by atoms with E-state index in [1.807, 2.05) is 5.43 Å². The Bertz CT molecular complexity index is 521. The number of benzene rings is 1. The summed E-state index contributed by atoms with van der Waals surface area (Å²) in [5.41, 5.74) is 0.950. The lowest BCUT2D eigenvalue weighted by Crippen LogP contribution is -2.13. The topological polar surface area (TPSA) is 17.0 Å². The first-order valence-corrected chi connectivity index (χ1v) is 4.43. The zero-order chi connectivity index (χ0) is 12.6. The van der Waals surface area contributed by atoms with Gasteiger partial charge in [-0.2, -0.15) is 0 Å². The van der Waals surface area contributed by atoms with Crippen molar-refractivity contribution < 1.29 is 22.0 Å². The Labute approximate surface area is 92.3 Å². The van der Waals surface area contributed by atoms with Gasteiger partial charge in [-0.3, -0.25) is 10.1 Å². The molecule has 0 fully saturated rings. The summed E-state index contributed by atoms with van der Waals surface area (Å²) in [6.45, 7) is 0. The molecular formula is C10H5F5N2. The number of halogens is 5. The smallest absolute Gasteiger partial charge is 0.200 e. The van der Waals surface area contributed by atoms with Crippen LogP contribution in [-0.2, 0) is 0 Å². The first-order chi connectivity index (χ1) is 8.02. The van der Waals surface area contributed by atoms with Crippen molar-refractivity contribution >= 4 is 5.69 Å². The summed E-state index contributed by atoms with van der Waals surface area (Å²) in [7, 11) is 0. The van der Waals surface area contributed by atoms with Crippen molar-refractivity contribution in [3.63, 3.8) is 0 Å². The van der Waals surface area contributed by atoms with E-state index in [1.165, 1.54) is 24.5 Å². The van der Waals surface area contributed by atoms with E-state index in [0.29, 0.717) is 0 Å². The molecule has 1 aromatic carbocycles. The number of rotatable bonds is 2. The van der Waals surface area contributed by atoms with Gasteiger partial charge < -0.3 is 0 Å². The van der Waals surface area contributed by atoms with E-state index in [0.717, 1.165) is 4.68 Å². The molecule has 0 unspecified atom stereocenters. The summed E-state index contributed by atoms with van der Waals surface area (Å²) in [4.78, 5) is 0. The first kappa shape index (κ1) is 11.4. The minimum atomic E-state index is -2.18. The van der Waals surface area contributed by atoms with Crippen molar-refractivity contribution in [1.82, 2.24) is 4.68 Å². The monoisotopic (exact) mass is 248 g/mol. The van der Waals surface area contributed by atoms with Gasteiger partial charge >= 0.3 is 0 Å². The maximum Gasteiger partial charge on any atom is 0.200 e. The fourth-order valence-corrected chi connectivity index (χ4v) is 1.24. The molecule has 17 heavy (non-hydrogen) atoms. The molecule has 1 N–H and O–H groups in total. The van der Waals surface area contributed by atoms with Crippen LogP contribution in [0.3, 0.4) is 0 Å². The molecule has 0 saturated heterocycles. The molecular weight excluding hydrogens is 243 g/mol. The molecule has 0 spiro atoms. The quantitative estimate of drug-likeness (QED) is 0.491. The predicted octanol–water partition coefficient (Wildman–Crippen LogP) is 3.06. The van der Waals surface area contributed by atoms with Gasteiger partial charge in [0.25, 0.3) is 0 Å². The molecule has 2 nitrogen and oxygen atoms in total. The highest BCUT2D eigenvalue weighted by atomic mass is 19.2. The summed E-state index contributed by atoms with van der Waals surface area (Å²) in [6.07, 6.45) is 2.69. The summed E-state index contributed by atoms with van der Waals surface area (Å²) in [5, 5.41) is 0. The molecule has 1 aromatic heterocycles. The highest BCUT2D eigenvalue weighted by molar-refractivity contribution is 5.47. The second-order valence-electron chi connectivity index (χ2n) is 3.15. The van der Waals surface area contributed by atoms with E-state index in [2.05, 4.69) is 0 Å². The third-order valence-corrected chi connectivity index (χ3v) is 2.06. The van der Waals surface area contributed by atoms with Crippen LogP contribution in [-0.4, -0.2) is 4.68 Å². The van der Waals surface area contributed by atoms with Gasteiger partial charge in [0.2, 0.25) is 5.82 Å². The van der Waals surface area contributed by atoms with Gasteiger partial charge in [0.05, 0.1) is 0 Å². The van der Waals surface area contributed by atoms with Gasteiger partial charge in [0.15, 0.2) is 23.3 Å². The van der Waals surface area contributed by atoms with Crippen LogP contribution in [0.25, 0.3) is 0 Å². The van der Waals surface area contributed by atoms with Crippen molar-refractivity contribution in [1.29, 1.82) is 0 Å². The molecule has 1 heterocycles. The fourth-order valence-electron chi connectivity index (χ4n) is 1.24. The summed E-state index contributed by atoms with van der Waals surface area (Å²) >= 11 is 0. The lowest BCUT2D eigenvalue weighted by Gasteiger charge is -2.11. The predicted molar refractivity (Wildman–Crippen MR) is 49.7 cm³/mol. The minimum absolute atomic E-state index is 1.05. The Morgan fingerprint density at radius 2 is 1.12 bits per heavy atom. The van der Waals surface area contributed by atoms with E-state index in [-0.39, 0.29) is 0 Å². The van der Waals surface area contributed by atoms with Gasteiger partial charge in [-0.05, 0) is 12.1 Å². The summed E-state index contributed by atoms with van der Waals surface area (Å²) in [5.74, 6) is -9.97. The van der Waals surface area contributed by atoms with E-state index >= 15 is 0 Å². The average molecular weight is 248 g/mol. The molecule has 0 bridgehead atoms. The molecule has 0 aliphatic carbocycles. The summed E-state index contributed by atoms with van der Waals surface area (Å²) < 4.78 is 65.8. The van der Waals surface area contributed by atoms with Crippen LogP contribution in [0.2, 0.25) is 0 Å². The van der Waals surface area contributed by atoms with Crippen LogP contribution in [0.1, 0.15) is 0 Å². The van der Waals surface area contributed by atoms with Crippen LogP contribution in [0, 0.1) is 29.1 Å². The van der Waals surface area contributed by atoms with Crippen LogP contribution < -0.4 is 5.43 Å². The molecule has 2 aromatic rings. The van der Waals surface area contributed by atoms with E-state index in [1.54, 1.807) is 0 Å². The third-order valence-electron chi connectivity index (χ3n) is 2.06. The highest BCUT2D eigenvalue weighted by Crippen LogP contribution is 2.27. The second-order valence-corrected chi connectivity index (χ2v) is 3.15. The SMILES string of the molecule is Fc1c(F)c(F)c(Nn2cccc2)c(F)c1F. The standard InChI is InChI=1S/C10H5F5N2/c11-5-6(12)8(14)10(9(15)7(5)13)16-17-3-1-2-4-17/h1-4,16H. The van der Waals surface area contributed by atoms with Gasteiger partial charge in [0, 0.05) is 12.4 Å². The van der Waals surface area contributed by atoms with E-state index in [4.69, 9.17) is 0 Å². The average Bonchev–Trinajstić information content (AvgIpc) is 2.82. The number of aromatic nitrogens is 1.